The monoisotopic (exact) mass is 1300 g/mol. The molecule has 0 aliphatic carbocycles. The number of halogens is 10. The van der Waals surface area contributed by atoms with Gasteiger partial charge in [-0.15, -0.1) is 22.7 Å². The van der Waals surface area contributed by atoms with Crippen molar-refractivity contribution < 1.29 is 43.9 Å². The zero-order chi connectivity index (χ0) is 66.9. The lowest BCUT2D eigenvalue weighted by atomic mass is 9.91. The summed E-state index contributed by atoms with van der Waals surface area (Å²) >= 11 is 2.66. The van der Waals surface area contributed by atoms with E-state index >= 15 is 43.9 Å². The minimum Gasteiger partial charge on any atom is -0.374 e. The summed E-state index contributed by atoms with van der Waals surface area (Å²) in [7, 11) is 0. The smallest absolute Gasteiger partial charge is 0.200 e. The molecule has 1 unspecified atom stereocenters. The Bertz CT molecular complexity index is 5150. The fourth-order valence-corrected chi connectivity index (χ4v) is 16.5. The molecule has 12 bridgehead atoms. The molecule has 94 heavy (non-hydrogen) atoms. The van der Waals surface area contributed by atoms with Crippen molar-refractivity contribution in [1.82, 2.24) is 5.32 Å². The van der Waals surface area contributed by atoms with Crippen molar-refractivity contribution >= 4 is 73.2 Å². The molecule has 0 radical (unpaired) electrons. The van der Waals surface area contributed by atoms with Crippen LogP contribution in [0, 0.1) is 141 Å². The predicted octanol–water partition coefficient (Wildman–Crippen LogP) is 18.9. The summed E-state index contributed by atoms with van der Waals surface area (Å²) in [6, 6.07) is 22.2. The number of thiophene rings is 2. The van der Waals surface area contributed by atoms with Crippen LogP contribution in [0.25, 0.3) is 33.4 Å². The number of nitrogens with zero attached hydrogens (tertiary/aromatic N) is 3. The number of hydrogen-bond acceptors (Lipinski definition) is 6. The van der Waals surface area contributed by atoms with Crippen molar-refractivity contribution in [1.29, 1.82) is 0 Å². The van der Waals surface area contributed by atoms with E-state index in [4.69, 9.17) is 15.0 Å². The van der Waals surface area contributed by atoms with Gasteiger partial charge in [-0.3, -0.25) is 0 Å². The molecule has 1 N–H and O–H groups in total. The van der Waals surface area contributed by atoms with E-state index < -0.39 is 80.9 Å². The Labute approximate surface area is 544 Å². The third kappa shape index (κ3) is 10.5. The van der Waals surface area contributed by atoms with Crippen LogP contribution in [-0.4, -0.2) is 23.2 Å². The number of benzene rings is 6. The highest BCUT2D eigenvalue weighted by molar-refractivity contribution is 7.14. The third-order valence-corrected chi connectivity index (χ3v) is 19.9. The van der Waals surface area contributed by atoms with E-state index in [0.29, 0.717) is 46.8 Å². The summed E-state index contributed by atoms with van der Waals surface area (Å²) < 4.78 is 162. The normalized spacial score (nSPS) is 20.4. The molecule has 13 rings (SSSR count). The number of allylic oxidation sites excluding steroid dienone is 8. The number of aliphatic imine (C=N–C) groups is 3. The van der Waals surface area contributed by atoms with E-state index in [2.05, 4.69) is 5.32 Å². The van der Waals surface area contributed by atoms with Crippen LogP contribution < -0.4 is 14.4 Å². The number of nitrogens with one attached hydrogen (secondary N) is 1. The Morgan fingerprint density at radius 1 is 0.309 bits per heavy atom. The first-order valence-electron chi connectivity index (χ1n) is 30.3. The number of fused-ring (bicyclic) bond motifs is 9. The van der Waals surface area contributed by atoms with Crippen LogP contribution in [0.2, 0.25) is 0 Å². The summed E-state index contributed by atoms with van der Waals surface area (Å²) in [4.78, 5) is 16.7. The molecule has 5 aliphatic heterocycles. The first-order chi connectivity index (χ1) is 44.7. The lowest BCUT2D eigenvalue weighted by Gasteiger charge is -2.22. The molecule has 472 valence electrons. The van der Waals surface area contributed by atoms with Gasteiger partial charge in [-0.1, -0.05) is 76.9 Å². The van der Waals surface area contributed by atoms with Gasteiger partial charge in [-0.2, -0.15) is 0 Å². The fraction of sp³-hybridized carbons (Fsp3) is 0.167. The van der Waals surface area contributed by atoms with Gasteiger partial charge in [0.1, 0.15) is 0 Å². The SMILES string of the molecule is Cc1cc(C)c(/C2=C3\C=CC(=N3)/C(c3c(F)c(F)c(F)c(F)c3F)=C3/C=CC(=N3)/C(c3c(C)cc(C)cc3C)=c3/cc/c(s3)=C(\c3c(C)cc(C)cc3C)C3=N/C(=C(\c4c(F)c(F)c(F)c(F)c4F)C4C=C/C(=C(\c5c(C)cc(C)cc5C)c5ccc2s5)N4)C=C3)c(C)c1. The minimum absolute atomic E-state index is 0.0902. The number of aryl methyl sites for hydroxylation is 12. The summed E-state index contributed by atoms with van der Waals surface area (Å²) in [5.41, 5.74) is 13.4. The Balaban J connectivity index is 1.21. The largest absolute Gasteiger partial charge is 0.374 e. The Kier molecular flexibility index (Phi) is 16.0. The van der Waals surface area contributed by atoms with Gasteiger partial charge in [-0.05, 0) is 217 Å². The van der Waals surface area contributed by atoms with E-state index in [1.807, 2.05) is 156 Å². The highest BCUT2D eigenvalue weighted by atomic mass is 32.1. The van der Waals surface area contributed by atoms with Crippen LogP contribution in [0.3, 0.4) is 0 Å². The molecule has 6 aromatic carbocycles. The first kappa shape index (κ1) is 63.3. The van der Waals surface area contributed by atoms with Crippen LogP contribution >= 0.6 is 22.7 Å². The van der Waals surface area contributed by atoms with Crippen LogP contribution in [0.4, 0.5) is 43.9 Å². The van der Waals surface area contributed by atoms with Gasteiger partial charge in [-0.25, -0.2) is 58.9 Å². The molecule has 7 heterocycles. The van der Waals surface area contributed by atoms with Crippen LogP contribution in [0.5, 0.6) is 0 Å². The molecule has 0 spiro atoms. The topological polar surface area (TPSA) is 49.1 Å². The van der Waals surface area contributed by atoms with Crippen molar-refractivity contribution in [3.63, 3.8) is 0 Å². The standard InChI is InChI=1S/C78H58F10N4S2/c1-33-25-37(5)57(38(6)26-33)63-49-17-13-45(89-49)61(67-69(79)73(83)77(87)74(84)70(67)80)46-14-19-51(90-46)65(59-41(9)29-35(3)30-42(59)10)55-23-24-56(94-55)66(60-43(11)31-36(4)32-44(60)12)52-20-16-48(92-52)62(68-71(81)75(85)78(88)76(86)72(68)82)47-15-18-50(91-47)64(54-22-21-53(63)93-54)58-39(7)27-34(2)28-40(58)8/h13-32,45,89H,1-12H3/b61-46-,62-48+,63-49+,64-50+,65-55+,66-56+. The summed E-state index contributed by atoms with van der Waals surface area (Å²) in [5.74, 6) is -21.4. The third-order valence-electron chi connectivity index (χ3n) is 17.7. The highest BCUT2D eigenvalue weighted by Gasteiger charge is 2.37. The quantitative estimate of drug-likeness (QED) is 0.101. The van der Waals surface area contributed by atoms with Crippen molar-refractivity contribution in [2.45, 2.75) is 89.1 Å². The molecule has 0 fully saturated rings. The Morgan fingerprint density at radius 2 is 0.628 bits per heavy atom. The highest BCUT2D eigenvalue weighted by Crippen LogP contribution is 2.46. The molecular weight excluding hydrogens is 1250 g/mol. The number of hydrogen-bond donors (Lipinski definition) is 1. The number of rotatable bonds is 6. The molecule has 0 amide bonds. The van der Waals surface area contributed by atoms with Crippen molar-refractivity contribution in [2.24, 2.45) is 15.0 Å². The molecule has 1 atom stereocenters. The molecule has 8 aromatic rings. The van der Waals surface area contributed by atoms with Crippen molar-refractivity contribution in [3.05, 3.63) is 321 Å². The van der Waals surface area contributed by atoms with Gasteiger partial charge in [0.2, 0.25) is 11.6 Å². The van der Waals surface area contributed by atoms with E-state index in [0.717, 1.165) is 89.0 Å². The van der Waals surface area contributed by atoms with Crippen molar-refractivity contribution in [2.75, 3.05) is 0 Å². The van der Waals surface area contributed by atoms with Crippen LogP contribution in [-0.2, 0) is 0 Å². The average Bonchev–Trinajstić information content (AvgIpc) is 1.55. The predicted molar refractivity (Wildman–Crippen MR) is 360 cm³/mol. The van der Waals surface area contributed by atoms with Gasteiger partial charge in [0.25, 0.3) is 0 Å². The second-order valence-electron chi connectivity index (χ2n) is 24.6. The summed E-state index contributed by atoms with van der Waals surface area (Å²) in [5, 5.41) is 3.48. The minimum atomic E-state index is -2.33. The molecule has 0 saturated heterocycles. The zero-order valence-corrected chi connectivity index (χ0v) is 54.7. The van der Waals surface area contributed by atoms with E-state index in [1.54, 1.807) is 30.4 Å². The molecular formula is C78H58F10N4S2. The molecule has 5 aliphatic rings. The molecule has 0 saturated carbocycles. The maximum Gasteiger partial charge on any atom is 0.200 e. The Morgan fingerprint density at radius 3 is 1.04 bits per heavy atom. The van der Waals surface area contributed by atoms with Gasteiger partial charge in [0, 0.05) is 58.0 Å². The lowest BCUT2D eigenvalue weighted by molar-refractivity contribution is 0.376. The second kappa shape index (κ2) is 23.8. The van der Waals surface area contributed by atoms with Gasteiger partial charge < -0.3 is 5.32 Å². The maximum atomic E-state index is 16.9. The molecule has 2 aromatic heterocycles. The summed E-state index contributed by atoms with van der Waals surface area (Å²) in [6.45, 7) is 23.3. The van der Waals surface area contributed by atoms with Crippen molar-refractivity contribution in [3.8, 4) is 0 Å². The van der Waals surface area contributed by atoms with Gasteiger partial charge >= 0.3 is 0 Å². The van der Waals surface area contributed by atoms with E-state index in [-0.39, 0.29) is 39.8 Å². The maximum absolute atomic E-state index is 16.9. The van der Waals surface area contributed by atoms with E-state index in [9.17, 15) is 0 Å². The first-order valence-corrected chi connectivity index (χ1v) is 31.9. The average molecular weight is 1310 g/mol. The second-order valence-corrected chi connectivity index (χ2v) is 26.8. The van der Waals surface area contributed by atoms with Crippen LogP contribution in [0.15, 0.2) is 159 Å². The molecule has 4 nitrogen and oxygen atoms in total. The van der Waals surface area contributed by atoms with Crippen LogP contribution in [0.1, 0.15) is 110 Å². The summed E-state index contributed by atoms with van der Waals surface area (Å²) in [6.07, 6.45) is 12.7. The van der Waals surface area contributed by atoms with Gasteiger partial charge in [0.15, 0.2) is 46.5 Å². The Hall–Kier alpha value is -9.51. The lowest BCUT2D eigenvalue weighted by Crippen LogP contribution is -2.26. The van der Waals surface area contributed by atoms with E-state index in [1.165, 1.54) is 40.9 Å². The fourth-order valence-electron chi connectivity index (χ4n) is 14.2. The van der Waals surface area contributed by atoms with Gasteiger partial charge in [0.05, 0.1) is 51.4 Å². The molecule has 16 heteroatoms. The zero-order valence-electron chi connectivity index (χ0n) is 53.1.